The maximum atomic E-state index is 12.1. The van der Waals surface area contributed by atoms with Crippen LogP contribution in [0.2, 0.25) is 0 Å². The second-order valence-electron chi connectivity index (χ2n) is 9.02. The Morgan fingerprint density at radius 1 is 1.19 bits per heavy atom. The zero-order chi connectivity index (χ0) is 22.6. The lowest BCUT2D eigenvalue weighted by molar-refractivity contribution is 0.344. The van der Waals surface area contributed by atoms with Crippen molar-refractivity contribution >= 4 is 26.7 Å². The summed E-state index contributed by atoms with van der Waals surface area (Å²) in [5, 5.41) is 10.1. The van der Waals surface area contributed by atoms with Crippen LogP contribution in [-0.4, -0.2) is 28.7 Å². The predicted octanol–water partition coefficient (Wildman–Crippen LogP) is 4.48. The second kappa shape index (κ2) is 9.06. The van der Waals surface area contributed by atoms with Gasteiger partial charge in [-0.15, -0.1) is 0 Å². The zero-order valence-electron chi connectivity index (χ0n) is 18.5. The number of hydrogen-bond donors (Lipinski definition) is 1. The highest BCUT2D eigenvalue weighted by Gasteiger charge is 2.18. The molecule has 0 aliphatic rings. The van der Waals surface area contributed by atoms with Gasteiger partial charge in [-0.2, -0.15) is 5.26 Å². The minimum atomic E-state index is -3.32. The van der Waals surface area contributed by atoms with Crippen molar-refractivity contribution in [3.8, 4) is 6.07 Å². The van der Waals surface area contributed by atoms with Crippen molar-refractivity contribution in [2.24, 2.45) is 5.41 Å². The topological polar surface area (TPSA) is 101 Å². The molecule has 0 radical (unpaired) electrons. The molecular formula is C23H29N5O2S. The van der Waals surface area contributed by atoms with Gasteiger partial charge in [0.05, 0.1) is 5.75 Å². The lowest BCUT2D eigenvalue weighted by atomic mass is 9.96. The van der Waals surface area contributed by atoms with Crippen LogP contribution in [0.25, 0.3) is 11.0 Å². The lowest BCUT2D eigenvalue weighted by Gasteiger charge is -2.22. The summed E-state index contributed by atoms with van der Waals surface area (Å²) in [5.74, 6) is 0.288. The van der Waals surface area contributed by atoms with E-state index in [1.54, 1.807) is 18.3 Å². The average molecular weight is 440 g/mol. The summed E-state index contributed by atoms with van der Waals surface area (Å²) in [6, 6.07) is 11.5. The van der Waals surface area contributed by atoms with Gasteiger partial charge in [-0.05, 0) is 35.6 Å². The summed E-state index contributed by atoms with van der Waals surface area (Å²) in [7, 11) is -3.32. The molecule has 0 unspecified atom stereocenters. The molecule has 3 aromatic rings. The maximum absolute atomic E-state index is 12.1. The first-order chi connectivity index (χ1) is 14.6. The van der Waals surface area contributed by atoms with Crippen LogP contribution in [0.5, 0.6) is 0 Å². The van der Waals surface area contributed by atoms with E-state index >= 15 is 0 Å². The molecule has 8 heteroatoms. The second-order valence-corrected chi connectivity index (χ2v) is 10.9. The van der Waals surface area contributed by atoms with Crippen molar-refractivity contribution in [1.29, 1.82) is 5.26 Å². The Kier molecular flexibility index (Phi) is 6.65. The number of fused-ring (bicyclic) bond motifs is 1. The number of hydrogen-bond acceptors (Lipinski definition) is 5. The number of benzene rings is 1. The quantitative estimate of drug-likeness (QED) is 0.558. The SMILES string of the molecule is CCCCS(=O)(=O)Nc1ccc(Cc2cc3cnc(C#N)nc3n2CC(C)(C)C)cc1. The average Bonchev–Trinajstić information content (AvgIpc) is 3.02. The van der Waals surface area contributed by atoms with E-state index in [1.165, 1.54) is 0 Å². The van der Waals surface area contributed by atoms with E-state index < -0.39 is 10.0 Å². The molecule has 7 nitrogen and oxygen atoms in total. The van der Waals surface area contributed by atoms with E-state index in [0.717, 1.165) is 35.3 Å². The Morgan fingerprint density at radius 3 is 2.52 bits per heavy atom. The van der Waals surface area contributed by atoms with Crippen LogP contribution >= 0.6 is 0 Å². The first-order valence-corrected chi connectivity index (χ1v) is 12.1. The van der Waals surface area contributed by atoms with Crippen molar-refractivity contribution in [2.75, 3.05) is 10.5 Å². The van der Waals surface area contributed by atoms with Crippen molar-refractivity contribution in [3.63, 3.8) is 0 Å². The number of aromatic nitrogens is 3. The number of sulfonamides is 1. The van der Waals surface area contributed by atoms with E-state index in [-0.39, 0.29) is 17.0 Å². The molecule has 0 amide bonds. The Labute approximate surface area is 184 Å². The van der Waals surface area contributed by atoms with E-state index in [9.17, 15) is 13.7 Å². The zero-order valence-corrected chi connectivity index (χ0v) is 19.3. The molecule has 1 aromatic carbocycles. The largest absolute Gasteiger partial charge is 0.329 e. The molecule has 1 N–H and O–H groups in total. The molecular weight excluding hydrogens is 410 g/mol. The van der Waals surface area contributed by atoms with Crippen LogP contribution < -0.4 is 4.72 Å². The van der Waals surface area contributed by atoms with Gasteiger partial charge in [0.25, 0.3) is 0 Å². The fourth-order valence-corrected chi connectivity index (χ4v) is 4.68. The maximum Gasteiger partial charge on any atom is 0.234 e. The first kappa shape index (κ1) is 22.8. The van der Waals surface area contributed by atoms with E-state index in [4.69, 9.17) is 0 Å². The number of unbranched alkanes of at least 4 members (excludes halogenated alkanes) is 1. The minimum absolute atomic E-state index is 0.0269. The van der Waals surface area contributed by atoms with Crippen LogP contribution in [0.1, 0.15) is 57.6 Å². The number of nitrogens with zero attached hydrogens (tertiary/aromatic N) is 4. The predicted molar refractivity (Wildman–Crippen MR) is 123 cm³/mol. The fraction of sp³-hybridized carbons (Fsp3) is 0.435. The minimum Gasteiger partial charge on any atom is -0.329 e. The molecule has 31 heavy (non-hydrogen) atoms. The van der Waals surface area contributed by atoms with Gasteiger partial charge < -0.3 is 4.57 Å². The molecule has 0 fully saturated rings. The summed E-state index contributed by atoms with van der Waals surface area (Å²) in [6.07, 6.45) is 3.83. The highest BCUT2D eigenvalue weighted by Crippen LogP contribution is 2.26. The van der Waals surface area contributed by atoms with E-state index in [0.29, 0.717) is 18.5 Å². The van der Waals surface area contributed by atoms with Crippen LogP contribution in [0, 0.1) is 16.7 Å². The van der Waals surface area contributed by atoms with Gasteiger partial charge in [0.15, 0.2) is 0 Å². The molecule has 0 aliphatic heterocycles. The highest BCUT2D eigenvalue weighted by atomic mass is 32.2. The summed E-state index contributed by atoms with van der Waals surface area (Å²) < 4.78 is 29.0. The summed E-state index contributed by atoms with van der Waals surface area (Å²) in [4.78, 5) is 8.53. The van der Waals surface area contributed by atoms with Gasteiger partial charge in [-0.3, -0.25) is 4.72 Å². The molecule has 2 aromatic heterocycles. The van der Waals surface area contributed by atoms with E-state index in [1.807, 2.05) is 25.1 Å². The van der Waals surface area contributed by atoms with Gasteiger partial charge in [0, 0.05) is 35.9 Å². The highest BCUT2D eigenvalue weighted by molar-refractivity contribution is 7.92. The summed E-state index contributed by atoms with van der Waals surface area (Å²) >= 11 is 0. The van der Waals surface area contributed by atoms with Gasteiger partial charge in [0.1, 0.15) is 11.7 Å². The molecule has 0 spiro atoms. The van der Waals surface area contributed by atoms with Crippen molar-refractivity contribution < 1.29 is 8.42 Å². The van der Waals surface area contributed by atoms with Gasteiger partial charge in [0.2, 0.25) is 15.8 Å². The molecule has 0 saturated carbocycles. The third-order valence-corrected chi connectivity index (χ3v) is 6.20. The third kappa shape index (κ3) is 6.05. The normalized spacial score (nSPS) is 12.1. The molecule has 0 bridgehead atoms. The van der Waals surface area contributed by atoms with Gasteiger partial charge >= 0.3 is 0 Å². The first-order valence-electron chi connectivity index (χ1n) is 10.4. The monoisotopic (exact) mass is 439 g/mol. The molecule has 3 rings (SSSR count). The third-order valence-electron chi connectivity index (χ3n) is 4.83. The Balaban J connectivity index is 1.87. The van der Waals surface area contributed by atoms with Crippen molar-refractivity contribution in [2.45, 2.75) is 53.5 Å². The number of nitriles is 1. The van der Waals surface area contributed by atoms with Crippen LogP contribution in [0.15, 0.2) is 36.5 Å². The standard InChI is InChI=1S/C23H29N5O2S/c1-5-6-11-31(29,30)27-19-9-7-17(8-10-19)12-20-13-18-15-25-21(14-24)26-22(18)28(20)16-23(2,3)4/h7-10,13,15,27H,5-6,11-12,16H2,1-4H3. The number of anilines is 1. The Hall–Kier alpha value is -2.92. The molecule has 0 atom stereocenters. The number of rotatable bonds is 8. The Bertz CT molecular complexity index is 1200. The smallest absolute Gasteiger partial charge is 0.234 e. The molecule has 2 heterocycles. The fourth-order valence-electron chi connectivity index (χ4n) is 3.41. The number of nitrogens with one attached hydrogen (secondary N) is 1. The molecule has 164 valence electrons. The van der Waals surface area contributed by atoms with Crippen molar-refractivity contribution in [1.82, 2.24) is 14.5 Å². The van der Waals surface area contributed by atoms with Crippen LogP contribution in [0.3, 0.4) is 0 Å². The van der Waals surface area contributed by atoms with E-state index in [2.05, 4.69) is 46.1 Å². The van der Waals surface area contributed by atoms with Crippen molar-refractivity contribution in [3.05, 3.63) is 53.6 Å². The van der Waals surface area contributed by atoms with Crippen LogP contribution in [0.4, 0.5) is 5.69 Å². The van der Waals surface area contributed by atoms with Gasteiger partial charge in [-0.1, -0.05) is 46.2 Å². The summed E-state index contributed by atoms with van der Waals surface area (Å²) in [5.41, 5.74) is 3.49. The lowest BCUT2D eigenvalue weighted by Crippen LogP contribution is -2.18. The molecule has 0 saturated heterocycles. The summed E-state index contributed by atoms with van der Waals surface area (Å²) in [6.45, 7) is 9.20. The molecule has 0 aliphatic carbocycles. The van der Waals surface area contributed by atoms with Crippen LogP contribution in [-0.2, 0) is 23.0 Å². The van der Waals surface area contributed by atoms with Gasteiger partial charge in [-0.25, -0.2) is 18.4 Å². The Morgan fingerprint density at radius 2 is 1.90 bits per heavy atom.